The molecule has 0 saturated heterocycles. The largest absolute Gasteiger partial charge is 0.326 e. The maximum atomic E-state index is 12.4. The maximum absolute atomic E-state index is 12.4. The first-order chi connectivity index (χ1) is 11.3. The van der Waals surface area contributed by atoms with E-state index in [1.807, 2.05) is 0 Å². The summed E-state index contributed by atoms with van der Waals surface area (Å²) >= 11 is 13.4. The Labute approximate surface area is 154 Å². The molecular formula is C17H16Cl2N2O2S. The van der Waals surface area contributed by atoms with Gasteiger partial charge in [-0.3, -0.25) is 9.59 Å². The monoisotopic (exact) mass is 382 g/mol. The number of amides is 2. The second-order valence-corrected chi connectivity index (χ2v) is 7.31. The standard InChI is InChI=1S/C17H16Cl2N2O2S/c1-10(24-16-8-12(18)6-7-15(16)19)17(23)21-14-5-3-4-13(9-14)20-11(2)22/h3-10H,1-2H3,(H,20,22)(H,21,23). The summed E-state index contributed by atoms with van der Waals surface area (Å²) in [5.74, 6) is -0.339. The highest BCUT2D eigenvalue weighted by Crippen LogP contribution is 2.33. The number of halogens is 2. The van der Waals surface area contributed by atoms with Gasteiger partial charge in [0, 0.05) is 28.2 Å². The molecule has 4 nitrogen and oxygen atoms in total. The van der Waals surface area contributed by atoms with Gasteiger partial charge < -0.3 is 10.6 Å². The normalized spacial score (nSPS) is 11.7. The Morgan fingerprint density at radius 3 is 2.38 bits per heavy atom. The Hall–Kier alpha value is -1.69. The molecule has 0 bridgehead atoms. The Bertz CT molecular complexity index is 768. The van der Waals surface area contributed by atoms with Gasteiger partial charge in [0.15, 0.2) is 0 Å². The molecule has 0 aromatic heterocycles. The second-order valence-electron chi connectivity index (χ2n) is 5.09. The number of thioether (sulfide) groups is 1. The van der Waals surface area contributed by atoms with E-state index >= 15 is 0 Å². The minimum Gasteiger partial charge on any atom is -0.326 e. The summed E-state index contributed by atoms with van der Waals surface area (Å²) in [5.41, 5.74) is 1.23. The van der Waals surface area contributed by atoms with E-state index in [4.69, 9.17) is 23.2 Å². The number of carbonyl (C=O) groups is 2. The zero-order valence-electron chi connectivity index (χ0n) is 13.1. The number of hydrogen-bond acceptors (Lipinski definition) is 3. The fraction of sp³-hybridized carbons (Fsp3) is 0.176. The summed E-state index contributed by atoms with van der Waals surface area (Å²) in [6, 6.07) is 12.1. The van der Waals surface area contributed by atoms with Gasteiger partial charge in [-0.25, -0.2) is 0 Å². The summed E-state index contributed by atoms with van der Waals surface area (Å²) in [5, 5.41) is 6.25. The van der Waals surface area contributed by atoms with Crippen molar-refractivity contribution in [3.63, 3.8) is 0 Å². The van der Waals surface area contributed by atoms with Crippen molar-refractivity contribution in [3.8, 4) is 0 Å². The van der Waals surface area contributed by atoms with Gasteiger partial charge in [0.1, 0.15) is 0 Å². The van der Waals surface area contributed by atoms with Crippen LogP contribution in [0.5, 0.6) is 0 Å². The topological polar surface area (TPSA) is 58.2 Å². The van der Waals surface area contributed by atoms with Crippen molar-refractivity contribution in [2.75, 3.05) is 10.6 Å². The minimum absolute atomic E-state index is 0.169. The van der Waals surface area contributed by atoms with Crippen LogP contribution in [0.3, 0.4) is 0 Å². The number of carbonyl (C=O) groups excluding carboxylic acids is 2. The number of rotatable bonds is 5. The van der Waals surface area contributed by atoms with Crippen LogP contribution < -0.4 is 10.6 Å². The highest BCUT2D eigenvalue weighted by atomic mass is 35.5. The van der Waals surface area contributed by atoms with Crippen LogP contribution in [0.2, 0.25) is 10.0 Å². The average Bonchev–Trinajstić information content (AvgIpc) is 2.50. The Morgan fingerprint density at radius 1 is 1.04 bits per heavy atom. The molecule has 2 N–H and O–H groups in total. The molecule has 0 fully saturated rings. The highest BCUT2D eigenvalue weighted by Gasteiger charge is 2.16. The predicted molar refractivity (Wildman–Crippen MR) is 101 cm³/mol. The molecule has 0 aliphatic rings. The molecule has 2 amide bonds. The predicted octanol–water partition coefficient (Wildman–Crippen LogP) is 5.07. The van der Waals surface area contributed by atoms with Crippen molar-refractivity contribution in [1.82, 2.24) is 0 Å². The van der Waals surface area contributed by atoms with Crippen molar-refractivity contribution >= 4 is 58.2 Å². The SMILES string of the molecule is CC(=O)Nc1cccc(NC(=O)C(C)Sc2cc(Cl)ccc2Cl)c1. The van der Waals surface area contributed by atoms with Crippen LogP contribution in [-0.2, 0) is 9.59 Å². The molecule has 2 rings (SSSR count). The minimum atomic E-state index is -0.370. The Balaban J connectivity index is 2.03. The fourth-order valence-electron chi connectivity index (χ4n) is 1.93. The zero-order valence-corrected chi connectivity index (χ0v) is 15.4. The summed E-state index contributed by atoms with van der Waals surface area (Å²) < 4.78 is 0. The fourth-order valence-corrected chi connectivity index (χ4v) is 3.34. The van der Waals surface area contributed by atoms with Gasteiger partial charge in [0.05, 0.1) is 10.3 Å². The van der Waals surface area contributed by atoms with Crippen molar-refractivity contribution in [2.45, 2.75) is 24.0 Å². The van der Waals surface area contributed by atoms with Crippen molar-refractivity contribution in [2.24, 2.45) is 0 Å². The van der Waals surface area contributed by atoms with E-state index in [2.05, 4.69) is 10.6 Å². The summed E-state index contributed by atoms with van der Waals surface area (Å²) in [4.78, 5) is 24.2. The number of hydrogen-bond donors (Lipinski definition) is 2. The van der Waals surface area contributed by atoms with Crippen LogP contribution in [0, 0.1) is 0 Å². The maximum Gasteiger partial charge on any atom is 0.237 e. The van der Waals surface area contributed by atoms with E-state index in [1.54, 1.807) is 49.4 Å². The molecule has 0 spiro atoms. The van der Waals surface area contributed by atoms with E-state index in [9.17, 15) is 9.59 Å². The summed E-state index contributed by atoms with van der Waals surface area (Å²) in [7, 11) is 0. The third kappa shape index (κ3) is 5.44. The van der Waals surface area contributed by atoms with Crippen LogP contribution >= 0.6 is 35.0 Å². The third-order valence-electron chi connectivity index (χ3n) is 3.02. The van der Waals surface area contributed by atoms with E-state index < -0.39 is 0 Å². The van der Waals surface area contributed by atoms with Crippen LogP contribution in [0.1, 0.15) is 13.8 Å². The molecular weight excluding hydrogens is 367 g/mol. The van der Waals surface area contributed by atoms with Gasteiger partial charge in [-0.2, -0.15) is 0 Å². The van der Waals surface area contributed by atoms with Gasteiger partial charge >= 0.3 is 0 Å². The van der Waals surface area contributed by atoms with Gasteiger partial charge in [0.2, 0.25) is 11.8 Å². The molecule has 24 heavy (non-hydrogen) atoms. The number of benzene rings is 2. The van der Waals surface area contributed by atoms with E-state index in [0.29, 0.717) is 21.4 Å². The molecule has 7 heteroatoms. The van der Waals surface area contributed by atoms with Crippen molar-refractivity contribution in [3.05, 3.63) is 52.5 Å². The molecule has 0 saturated carbocycles. The number of nitrogens with one attached hydrogen (secondary N) is 2. The lowest BCUT2D eigenvalue weighted by Crippen LogP contribution is -2.22. The Kier molecular flexibility index (Phi) is 6.54. The summed E-state index contributed by atoms with van der Waals surface area (Å²) in [6.45, 7) is 3.22. The van der Waals surface area contributed by atoms with Crippen molar-refractivity contribution in [1.29, 1.82) is 0 Å². The van der Waals surface area contributed by atoms with E-state index in [-0.39, 0.29) is 17.1 Å². The smallest absolute Gasteiger partial charge is 0.237 e. The lowest BCUT2D eigenvalue weighted by molar-refractivity contribution is -0.115. The third-order valence-corrected chi connectivity index (χ3v) is 4.85. The van der Waals surface area contributed by atoms with Crippen LogP contribution in [0.4, 0.5) is 11.4 Å². The molecule has 1 unspecified atom stereocenters. The average molecular weight is 383 g/mol. The van der Waals surface area contributed by atoms with Crippen LogP contribution in [-0.4, -0.2) is 17.1 Å². The van der Waals surface area contributed by atoms with Gasteiger partial charge in [-0.1, -0.05) is 29.3 Å². The van der Waals surface area contributed by atoms with Gasteiger partial charge in [0.25, 0.3) is 0 Å². The zero-order chi connectivity index (χ0) is 17.7. The van der Waals surface area contributed by atoms with E-state index in [1.165, 1.54) is 18.7 Å². The molecule has 1 atom stereocenters. The lowest BCUT2D eigenvalue weighted by Gasteiger charge is -2.14. The second kappa shape index (κ2) is 8.42. The lowest BCUT2D eigenvalue weighted by atomic mass is 10.2. The highest BCUT2D eigenvalue weighted by molar-refractivity contribution is 8.00. The molecule has 126 valence electrons. The molecule has 0 aliphatic carbocycles. The number of anilines is 2. The molecule has 2 aromatic rings. The first-order valence-electron chi connectivity index (χ1n) is 7.15. The van der Waals surface area contributed by atoms with Crippen LogP contribution in [0.15, 0.2) is 47.4 Å². The summed E-state index contributed by atoms with van der Waals surface area (Å²) in [6.07, 6.45) is 0. The first kappa shape index (κ1) is 18.6. The van der Waals surface area contributed by atoms with Crippen LogP contribution in [0.25, 0.3) is 0 Å². The molecule has 0 aliphatic heterocycles. The first-order valence-corrected chi connectivity index (χ1v) is 8.79. The van der Waals surface area contributed by atoms with Gasteiger partial charge in [-0.15, -0.1) is 11.8 Å². The molecule has 0 heterocycles. The Morgan fingerprint density at radius 2 is 1.71 bits per heavy atom. The quantitative estimate of drug-likeness (QED) is 0.709. The molecule has 0 radical (unpaired) electrons. The van der Waals surface area contributed by atoms with Gasteiger partial charge in [-0.05, 0) is 43.3 Å². The van der Waals surface area contributed by atoms with E-state index in [0.717, 1.165) is 4.90 Å². The molecule has 2 aromatic carbocycles. The van der Waals surface area contributed by atoms with Crippen molar-refractivity contribution < 1.29 is 9.59 Å².